The number of ether oxygens (including phenoxy) is 8. The molecule has 2 aromatic heterocycles. The van der Waals surface area contributed by atoms with Crippen LogP contribution < -0.4 is 42.8 Å². The van der Waals surface area contributed by atoms with Crippen molar-refractivity contribution in [1.29, 1.82) is 0 Å². The summed E-state index contributed by atoms with van der Waals surface area (Å²) in [7, 11) is 13.0. The van der Waals surface area contributed by atoms with Gasteiger partial charge in [-0.2, -0.15) is 0 Å². The van der Waals surface area contributed by atoms with Gasteiger partial charge < -0.3 is 42.8 Å². The lowest BCUT2D eigenvalue weighted by molar-refractivity contribution is 0.201. The zero-order valence-corrected chi connectivity index (χ0v) is 32.9. The Hall–Kier alpha value is -5.88. The number of hydrogen-bond acceptors (Lipinski definition) is 12. The molecular weight excluding hydrogens is 700 g/mol. The van der Waals surface area contributed by atoms with Crippen molar-refractivity contribution in [3.8, 4) is 68.5 Å². The van der Waals surface area contributed by atoms with Crippen molar-refractivity contribution in [3.05, 3.63) is 90.3 Å². The summed E-state index contributed by atoms with van der Waals surface area (Å²) in [6.45, 7) is 3.23. The Bertz CT molecular complexity index is 1990. The first-order valence-electron chi connectivity index (χ1n) is 18.1. The van der Waals surface area contributed by atoms with Gasteiger partial charge in [0, 0.05) is 79.6 Å². The molecule has 0 bridgehead atoms. The highest BCUT2D eigenvalue weighted by molar-refractivity contribution is 5.72. The number of hydrogen-bond donors (Lipinski definition) is 0. The minimum absolute atomic E-state index is 0.230. The van der Waals surface area contributed by atoms with Crippen LogP contribution in [0, 0.1) is 0 Å². The van der Waals surface area contributed by atoms with Gasteiger partial charge in [-0.3, -0.25) is 14.9 Å². The number of aromatic nitrogens is 2. The molecule has 0 unspecified atom stereocenters. The molecule has 1 aliphatic heterocycles. The van der Waals surface area contributed by atoms with E-state index in [4.69, 9.17) is 42.9 Å². The van der Waals surface area contributed by atoms with Gasteiger partial charge in [0.25, 0.3) is 0 Å². The van der Waals surface area contributed by atoms with Crippen LogP contribution in [0.4, 0.5) is 5.69 Å². The van der Waals surface area contributed by atoms with Gasteiger partial charge in [0.15, 0.2) is 23.0 Å². The minimum Gasteiger partial charge on any atom is -0.497 e. The third kappa shape index (κ3) is 8.60. The molecule has 5 aromatic rings. The van der Waals surface area contributed by atoms with Gasteiger partial charge in [0.2, 0.25) is 11.5 Å². The second kappa shape index (κ2) is 18.0. The molecule has 0 atom stereocenters. The van der Waals surface area contributed by atoms with Gasteiger partial charge >= 0.3 is 0 Å². The first-order valence-corrected chi connectivity index (χ1v) is 18.1. The lowest BCUT2D eigenvalue weighted by Gasteiger charge is -2.40. The second-order valence-electron chi connectivity index (χ2n) is 13.1. The lowest BCUT2D eigenvalue weighted by atomic mass is 9.98. The van der Waals surface area contributed by atoms with Gasteiger partial charge in [0.05, 0.1) is 68.3 Å². The minimum atomic E-state index is 0.230. The fraction of sp³-hybridized carbons (Fsp3) is 0.349. The van der Waals surface area contributed by atoms with Gasteiger partial charge in [-0.25, -0.2) is 0 Å². The number of anilines is 1. The molecule has 12 heteroatoms. The summed E-state index contributed by atoms with van der Waals surface area (Å²) < 4.78 is 45.1. The Kier molecular flexibility index (Phi) is 12.7. The molecule has 0 radical (unpaired) electrons. The van der Waals surface area contributed by atoms with E-state index < -0.39 is 0 Å². The highest BCUT2D eigenvalue weighted by Crippen LogP contribution is 2.43. The predicted molar refractivity (Wildman–Crippen MR) is 213 cm³/mol. The second-order valence-corrected chi connectivity index (χ2v) is 13.1. The Morgan fingerprint density at radius 3 is 1.69 bits per heavy atom. The Balaban J connectivity index is 1.26. The number of methoxy groups -OCH3 is 8. The van der Waals surface area contributed by atoms with Gasteiger partial charge in [0.1, 0.15) is 11.5 Å². The molecule has 1 saturated heterocycles. The monoisotopic (exact) mass is 750 g/mol. The quantitative estimate of drug-likeness (QED) is 0.0995. The molecule has 12 nitrogen and oxygen atoms in total. The van der Waals surface area contributed by atoms with Crippen LogP contribution >= 0.6 is 0 Å². The Morgan fingerprint density at radius 1 is 0.600 bits per heavy atom. The van der Waals surface area contributed by atoms with Crippen molar-refractivity contribution in [3.63, 3.8) is 0 Å². The first-order chi connectivity index (χ1) is 26.9. The van der Waals surface area contributed by atoms with Gasteiger partial charge in [-0.15, -0.1) is 0 Å². The third-order valence-electron chi connectivity index (χ3n) is 10.0. The van der Waals surface area contributed by atoms with Crippen molar-refractivity contribution in [2.75, 3.05) is 74.9 Å². The normalized spacial score (nSPS) is 13.2. The maximum atomic E-state index is 5.72. The maximum Gasteiger partial charge on any atom is 0.203 e. The van der Waals surface area contributed by atoms with Crippen molar-refractivity contribution < 1.29 is 37.9 Å². The molecule has 0 aliphatic carbocycles. The molecule has 0 spiro atoms. The fourth-order valence-electron chi connectivity index (χ4n) is 7.22. The van der Waals surface area contributed by atoms with E-state index in [0.717, 1.165) is 77.7 Å². The van der Waals surface area contributed by atoms with E-state index in [1.54, 1.807) is 56.9 Å². The number of benzene rings is 3. The molecule has 1 aliphatic rings. The van der Waals surface area contributed by atoms with E-state index in [-0.39, 0.29) is 6.04 Å². The van der Waals surface area contributed by atoms with Crippen LogP contribution in [-0.4, -0.2) is 90.9 Å². The van der Waals surface area contributed by atoms with Crippen molar-refractivity contribution in [2.45, 2.75) is 32.0 Å². The molecule has 3 heterocycles. The largest absolute Gasteiger partial charge is 0.497 e. The lowest BCUT2D eigenvalue weighted by Crippen LogP contribution is -2.44. The maximum absolute atomic E-state index is 5.72. The number of rotatable bonds is 16. The van der Waals surface area contributed by atoms with Crippen molar-refractivity contribution in [2.24, 2.45) is 0 Å². The molecular formula is C43H50N4O8. The van der Waals surface area contributed by atoms with E-state index in [2.05, 4.69) is 45.1 Å². The van der Waals surface area contributed by atoms with Crippen LogP contribution in [0.5, 0.6) is 46.0 Å². The molecule has 1 fully saturated rings. The standard InChI is InChI=1S/C43H50N4O8/c1-48-34-23-33(24-35(25-34)49-2)47(27-29-10-9-14-45-41(29)31-21-39(52-5)43(55-8)40(22-31)53-6)32-12-16-46(17-13-32)26-28-11-15-44-36(18-28)30-19-37(50-3)42(54-7)38(20-30)51-4/h9-11,14-15,18-25,32H,12-13,16-17,26-27H2,1-8H3. The van der Waals surface area contributed by atoms with Gasteiger partial charge in [-0.05, 0) is 66.4 Å². The molecule has 55 heavy (non-hydrogen) atoms. The number of nitrogens with zero attached hydrogens (tertiary/aromatic N) is 4. The summed E-state index contributed by atoms with van der Waals surface area (Å²) in [5.74, 6) is 4.86. The van der Waals surface area contributed by atoms with E-state index in [9.17, 15) is 0 Å². The van der Waals surface area contributed by atoms with Gasteiger partial charge in [-0.1, -0.05) is 6.07 Å². The average Bonchev–Trinajstić information content (AvgIpc) is 3.24. The highest BCUT2D eigenvalue weighted by atomic mass is 16.5. The summed E-state index contributed by atoms with van der Waals surface area (Å²) in [4.78, 5) is 14.5. The Morgan fingerprint density at radius 2 is 1.16 bits per heavy atom. The van der Waals surface area contributed by atoms with E-state index >= 15 is 0 Å². The summed E-state index contributed by atoms with van der Waals surface area (Å²) in [6, 6.07) is 22.3. The molecule has 290 valence electrons. The number of likely N-dealkylation sites (tertiary alicyclic amines) is 1. The molecule has 3 aromatic carbocycles. The SMILES string of the molecule is COc1cc(OC)cc(N(Cc2cccnc2-c2cc(OC)c(OC)c(OC)c2)C2CCN(Cc3ccnc(-c4cc(OC)c(OC)c(OC)c4)c3)CC2)c1. The highest BCUT2D eigenvalue weighted by Gasteiger charge is 2.28. The van der Waals surface area contributed by atoms with Crippen LogP contribution in [0.1, 0.15) is 24.0 Å². The Labute approximate surface area is 323 Å². The van der Waals surface area contributed by atoms with Crippen LogP contribution in [0.15, 0.2) is 79.1 Å². The van der Waals surface area contributed by atoms with E-state index in [1.165, 1.54) is 5.56 Å². The summed E-state index contributed by atoms with van der Waals surface area (Å²) in [5.41, 5.74) is 6.67. The number of piperidine rings is 1. The summed E-state index contributed by atoms with van der Waals surface area (Å²) >= 11 is 0. The van der Waals surface area contributed by atoms with E-state index in [0.29, 0.717) is 41.0 Å². The van der Waals surface area contributed by atoms with E-state index in [1.807, 2.05) is 48.8 Å². The zero-order chi connectivity index (χ0) is 38.9. The summed E-state index contributed by atoms with van der Waals surface area (Å²) in [5, 5.41) is 0. The van der Waals surface area contributed by atoms with Crippen molar-refractivity contribution >= 4 is 5.69 Å². The summed E-state index contributed by atoms with van der Waals surface area (Å²) in [6.07, 6.45) is 5.57. The third-order valence-corrected chi connectivity index (χ3v) is 10.0. The first kappa shape index (κ1) is 38.8. The topological polar surface area (TPSA) is 106 Å². The van der Waals surface area contributed by atoms with Crippen molar-refractivity contribution in [1.82, 2.24) is 14.9 Å². The molecule has 0 N–H and O–H groups in total. The van der Waals surface area contributed by atoms with Crippen LogP contribution in [-0.2, 0) is 13.1 Å². The smallest absolute Gasteiger partial charge is 0.203 e. The van der Waals surface area contributed by atoms with Crippen LogP contribution in [0.25, 0.3) is 22.5 Å². The number of pyridine rings is 2. The average molecular weight is 751 g/mol. The molecule has 0 saturated carbocycles. The molecule has 6 rings (SSSR count). The predicted octanol–water partition coefficient (Wildman–Crippen LogP) is 7.55. The molecule has 0 amide bonds. The fourth-order valence-corrected chi connectivity index (χ4v) is 7.22. The van der Waals surface area contributed by atoms with Crippen LogP contribution in [0.2, 0.25) is 0 Å². The zero-order valence-electron chi connectivity index (χ0n) is 32.9. The van der Waals surface area contributed by atoms with Crippen LogP contribution in [0.3, 0.4) is 0 Å².